The summed E-state index contributed by atoms with van der Waals surface area (Å²) in [6.45, 7) is 3.52. The monoisotopic (exact) mass is 378 g/mol. The van der Waals surface area contributed by atoms with Crippen molar-refractivity contribution in [3.8, 4) is 6.07 Å². The Morgan fingerprint density at radius 1 is 1.14 bits per heavy atom. The molecular formula is C22H22N2O4. The third-order valence-electron chi connectivity index (χ3n) is 5.68. The summed E-state index contributed by atoms with van der Waals surface area (Å²) in [5.74, 6) is 0.918. The molecule has 144 valence electrons. The van der Waals surface area contributed by atoms with E-state index in [0.29, 0.717) is 34.0 Å². The third kappa shape index (κ3) is 2.97. The number of nitrogens with zero attached hydrogens (tertiary/aromatic N) is 2. The zero-order chi connectivity index (χ0) is 19.8. The van der Waals surface area contributed by atoms with E-state index in [1.54, 1.807) is 26.0 Å². The van der Waals surface area contributed by atoms with Crippen molar-refractivity contribution in [2.24, 2.45) is 0 Å². The molecule has 0 atom stereocenters. The molecule has 0 spiro atoms. The first-order chi connectivity index (χ1) is 13.5. The van der Waals surface area contributed by atoms with Crippen LogP contribution in [0.1, 0.15) is 63.4 Å². The molecule has 6 nitrogen and oxygen atoms in total. The summed E-state index contributed by atoms with van der Waals surface area (Å²) >= 11 is 0. The average molecular weight is 378 g/mol. The van der Waals surface area contributed by atoms with Crippen LogP contribution in [0.4, 0.5) is 0 Å². The summed E-state index contributed by atoms with van der Waals surface area (Å²) in [6.07, 6.45) is 7.61. The van der Waals surface area contributed by atoms with Crippen molar-refractivity contribution in [1.29, 1.82) is 5.26 Å². The van der Waals surface area contributed by atoms with Crippen molar-refractivity contribution in [1.82, 2.24) is 4.90 Å². The molecule has 0 aromatic carbocycles. The molecule has 3 heterocycles. The highest BCUT2D eigenvalue weighted by Crippen LogP contribution is 2.37. The van der Waals surface area contributed by atoms with Gasteiger partial charge in [0.05, 0.1) is 0 Å². The highest BCUT2D eigenvalue weighted by atomic mass is 16.4. The van der Waals surface area contributed by atoms with Crippen molar-refractivity contribution in [3.63, 3.8) is 0 Å². The first-order valence-electron chi connectivity index (χ1n) is 9.76. The quantitative estimate of drug-likeness (QED) is 0.571. The SMILES string of the molecule is CCN1C(=O)C(C#N)=C(C)/C(=C/c2cc3oc(C4CCCCC4)cc3o2)C1=O. The molecule has 1 aliphatic carbocycles. The van der Waals surface area contributed by atoms with Crippen LogP contribution in [0.2, 0.25) is 0 Å². The van der Waals surface area contributed by atoms with Crippen LogP contribution in [-0.2, 0) is 9.59 Å². The molecule has 0 unspecified atom stereocenters. The Labute approximate surface area is 163 Å². The van der Waals surface area contributed by atoms with Crippen LogP contribution in [0, 0.1) is 11.3 Å². The Hall–Kier alpha value is -3.07. The van der Waals surface area contributed by atoms with Crippen molar-refractivity contribution in [2.45, 2.75) is 51.9 Å². The Kier molecular flexibility index (Phi) is 4.68. The molecule has 0 N–H and O–H groups in total. The number of hydrogen-bond donors (Lipinski definition) is 0. The van der Waals surface area contributed by atoms with Gasteiger partial charge in [-0.2, -0.15) is 5.26 Å². The van der Waals surface area contributed by atoms with Gasteiger partial charge in [-0.25, -0.2) is 0 Å². The molecule has 0 radical (unpaired) electrons. The van der Waals surface area contributed by atoms with Gasteiger partial charge in [0, 0.05) is 30.2 Å². The maximum atomic E-state index is 12.7. The zero-order valence-electron chi connectivity index (χ0n) is 16.1. The van der Waals surface area contributed by atoms with Crippen LogP contribution in [0.3, 0.4) is 0 Å². The van der Waals surface area contributed by atoms with Crippen molar-refractivity contribution < 1.29 is 18.4 Å². The lowest BCUT2D eigenvalue weighted by molar-refractivity contribution is -0.140. The van der Waals surface area contributed by atoms with Crippen LogP contribution in [-0.4, -0.2) is 23.3 Å². The summed E-state index contributed by atoms with van der Waals surface area (Å²) in [4.78, 5) is 26.0. The predicted octanol–water partition coefficient (Wildman–Crippen LogP) is 4.69. The zero-order valence-corrected chi connectivity index (χ0v) is 16.1. The number of likely N-dealkylation sites (N-methyl/N-ethyl adjacent to an activating group) is 1. The largest absolute Gasteiger partial charge is 0.457 e. The summed E-state index contributed by atoms with van der Waals surface area (Å²) < 4.78 is 11.9. The number of hydrogen-bond acceptors (Lipinski definition) is 5. The highest BCUT2D eigenvalue weighted by Gasteiger charge is 2.34. The number of furan rings is 2. The Balaban J connectivity index is 1.69. The number of amides is 2. The molecule has 1 saturated carbocycles. The second-order valence-corrected chi connectivity index (χ2v) is 7.39. The van der Waals surface area contributed by atoms with E-state index in [9.17, 15) is 14.9 Å². The predicted molar refractivity (Wildman–Crippen MR) is 103 cm³/mol. The van der Waals surface area contributed by atoms with E-state index in [4.69, 9.17) is 8.83 Å². The van der Waals surface area contributed by atoms with E-state index in [1.165, 1.54) is 19.3 Å². The first-order valence-corrected chi connectivity index (χ1v) is 9.76. The lowest BCUT2D eigenvalue weighted by Crippen LogP contribution is -2.42. The Morgan fingerprint density at radius 2 is 1.86 bits per heavy atom. The second kappa shape index (κ2) is 7.16. The number of carbonyl (C=O) groups is 2. The molecular weight excluding hydrogens is 356 g/mol. The van der Waals surface area contributed by atoms with E-state index in [0.717, 1.165) is 23.5 Å². The highest BCUT2D eigenvalue weighted by molar-refractivity contribution is 6.19. The molecule has 2 aliphatic rings. The molecule has 0 bridgehead atoms. The topological polar surface area (TPSA) is 87.4 Å². The molecule has 2 aromatic rings. The van der Waals surface area contributed by atoms with E-state index in [2.05, 4.69) is 0 Å². The standard InChI is InChI=1S/C22H22N2O4/c1-3-24-21(25)16(13(2)17(12-23)22(24)26)9-15-10-19-20(27-15)11-18(28-19)14-7-5-4-6-8-14/h9-11,14H,3-8H2,1-2H3/b16-9-. The maximum Gasteiger partial charge on any atom is 0.271 e. The minimum atomic E-state index is -0.546. The maximum absolute atomic E-state index is 12.7. The minimum absolute atomic E-state index is 0.0115. The van der Waals surface area contributed by atoms with Crippen LogP contribution in [0.5, 0.6) is 0 Å². The van der Waals surface area contributed by atoms with Crippen molar-refractivity contribution in [2.75, 3.05) is 6.54 Å². The third-order valence-corrected chi connectivity index (χ3v) is 5.68. The lowest BCUT2D eigenvalue weighted by Gasteiger charge is -2.25. The van der Waals surface area contributed by atoms with Crippen LogP contribution < -0.4 is 0 Å². The molecule has 6 heteroatoms. The number of carbonyl (C=O) groups excluding carboxylic acids is 2. The average Bonchev–Trinajstić information content (AvgIpc) is 3.25. The summed E-state index contributed by atoms with van der Waals surface area (Å²) in [5.41, 5.74) is 1.96. The van der Waals surface area contributed by atoms with Crippen molar-refractivity contribution >= 4 is 29.1 Å². The van der Waals surface area contributed by atoms with Gasteiger partial charge in [-0.1, -0.05) is 19.3 Å². The van der Waals surface area contributed by atoms with Gasteiger partial charge in [0.25, 0.3) is 11.8 Å². The second-order valence-electron chi connectivity index (χ2n) is 7.39. The van der Waals surface area contributed by atoms with Crippen LogP contribution >= 0.6 is 0 Å². The van der Waals surface area contributed by atoms with Crippen molar-refractivity contribution in [3.05, 3.63) is 40.4 Å². The smallest absolute Gasteiger partial charge is 0.271 e. The first kappa shape index (κ1) is 18.3. The fraction of sp³-hybridized carbons (Fsp3) is 0.409. The number of fused-ring (bicyclic) bond motifs is 1. The fourth-order valence-electron chi connectivity index (χ4n) is 4.09. The molecule has 2 amide bonds. The van der Waals surface area contributed by atoms with Gasteiger partial charge in [0.1, 0.15) is 23.2 Å². The van der Waals surface area contributed by atoms with E-state index < -0.39 is 11.8 Å². The lowest BCUT2D eigenvalue weighted by atomic mass is 9.88. The van der Waals surface area contributed by atoms with Gasteiger partial charge >= 0.3 is 0 Å². The van der Waals surface area contributed by atoms with Gasteiger partial charge in [0.2, 0.25) is 0 Å². The van der Waals surface area contributed by atoms with Gasteiger partial charge in [-0.15, -0.1) is 0 Å². The molecule has 0 saturated heterocycles. The summed E-state index contributed by atoms with van der Waals surface area (Å²) in [6, 6.07) is 5.62. The summed E-state index contributed by atoms with van der Waals surface area (Å²) in [7, 11) is 0. The molecule has 1 fully saturated rings. The summed E-state index contributed by atoms with van der Waals surface area (Å²) in [5, 5.41) is 9.32. The fourth-order valence-corrected chi connectivity index (χ4v) is 4.09. The molecule has 28 heavy (non-hydrogen) atoms. The Bertz CT molecular complexity index is 1020. The number of imide groups is 1. The van der Waals surface area contributed by atoms with Gasteiger partial charge in [-0.3, -0.25) is 14.5 Å². The molecule has 2 aromatic heterocycles. The van der Waals surface area contributed by atoms with E-state index in [1.807, 2.05) is 12.1 Å². The van der Waals surface area contributed by atoms with Gasteiger partial charge in [-0.05, 0) is 38.3 Å². The molecule has 1 aliphatic heterocycles. The number of nitriles is 1. The van der Waals surface area contributed by atoms with Crippen LogP contribution in [0.15, 0.2) is 37.7 Å². The number of rotatable bonds is 3. The van der Waals surface area contributed by atoms with E-state index in [-0.39, 0.29) is 12.1 Å². The normalized spacial score (nSPS) is 20.5. The molecule has 4 rings (SSSR count). The Morgan fingerprint density at radius 3 is 2.50 bits per heavy atom. The van der Waals surface area contributed by atoms with Gasteiger partial charge < -0.3 is 8.83 Å². The van der Waals surface area contributed by atoms with Crippen LogP contribution in [0.25, 0.3) is 17.2 Å². The van der Waals surface area contributed by atoms with Gasteiger partial charge in [0.15, 0.2) is 11.2 Å². The van der Waals surface area contributed by atoms with E-state index >= 15 is 0 Å². The minimum Gasteiger partial charge on any atom is -0.457 e.